The number of quaternary nitrogens is 1. The molecule has 0 aliphatic carbocycles. The molecular formula is C15H18FN4+. The van der Waals surface area contributed by atoms with Gasteiger partial charge in [-0.3, -0.25) is 4.57 Å². The molecule has 0 radical (unpaired) electrons. The highest BCUT2D eigenvalue weighted by molar-refractivity contribution is 5.50. The maximum Gasteiger partial charge on any atom is 0.124 e. The van der Waals surface area contributed by atoms with Crippen LogP contribution in [0.1, 0.15) is 17.0 Å². The summed E-state index contributed by atoms with van der Waals surface area (Å²) >= 11 is 0. The van der Waals surface area contributed by atoms with Gasteiger partial charge in [0.25, 0.3) is 0 Å². The van der Waals surface area contributed by atoms with Gasteiger partial charge in [0, 0.05) is 0 Å². The summed E-state index contributed by atoms with van der Waals surface area (Å²) in [5.41, 5.74) is 2.93. The second-order valence-electron chi connectivity index (χ2n) is 5.87. The van der Waals surface area contributed by atoms with Crippen LogP contribution < -0.4 is 0 Å². The van der Waals surface area contributed by atoms with Gasteiger partial charge in [-0.15, -0.1) is 0 Å². The fourth-order valence-corrected chi connectivity index (χ4v) is 2.12. The van der Waals surface area contributed by atoms with Crippen LogP contribution in [-0.4, -0.2) is 35.2 Å². The van der Waals surface area contributed by atoms with E-state index in [9.17, 15) is 9.65 Å². The Hall–Kier alpha value is -2.19. The van der Waals surface area contributed by atoms with Gasteiger partial charge in [-0.1, -0.05) is 0 Å². The number of nitrogens with zero attached hydrogens (tertiary/aromatic N) is 4. The molecule has 0 atom stereocenters. The zero-order valence-electron chi connectivity index (χ0n) is 12.2. The SMILES string of the molecule is Cc1ncn(-c2ccc(F)cc2C#N)c1C[N+](C)(C)C. The van der Waals surface area contributed by atoms with Crippen LogP contribution in [-0.2, 0) is 6.54 Å². The van der Waals surface area contributed by atoms with Crippen LogP contribution in [0.25, 0.3) is 5.69 Å². The number of imidazole rings is 1. The van der Waals surface area contributed by atoms with Gasteiger partial charge in [0.05, 0.1) is 44.4 Å². The third-order valence-electron chi connectivity index (χ3n) is 3.04. The normalized spacial score (nSPS) is 11.4. The molecule has 0 aliphatic rings. The molecule has 1 heterocycles. The largest absolute Gasteiger partial charge is 0.326 e. The van der Waals surface area contributed by atoms with Gasteiger partial charge in [0.1, 0.15) is 24.1 Å². The van der Waals surface area contributed by atoms with E-state index in [-0.39, 0.29) is 0 Å². The molecule has 0 aliphatic heterocycles. The first-order chi connectivity index (χ1) is 9.31. The summed E-state index contributed by atoms with van der Waals surface area (Å²) in [7, 11) is 6.27. The molecule has 0 saturated carbocycles. The van der Waals surface area contributed by atoms with Gasteiger partial charge in [-0.05, 0) is 25.1 Å². The molecule has 0 spiro atoms. The summed E-state index contributed by atoms with van der Waals surface area (Å²) in [4.78, 5) is 4.32. The van der Waals surface area contributed by atoms with E-state index in [1.54, 1.807) is 12.4 Å². The number of nitriles is 1. The van der Waals surface area contributed by atoms with E-state index < -0.39 is 5.82 Å². The van der Waals surface area contributed by atoms with E-state index in [2.05, 4.69) is 26.1 Å². The van der Waals surface area contributed by atoms with Crippen molar-refractivity contribution in [2.24, 2.45) is 0 Å². The highest BCUT2D eigenvalue weighted by Crippen LogP contribution is 2.21. The zero-order valence-corrected chi connectivity index (χ0v) is 12.2. The number of hydrogen-bond acceptors (Lipinski definition) is 2. The Bertz CT molecular complexity index is 674. The van der Waals surface area contributed by atoms with E-state index in [1.165, 1.54) is 12.1 Å². The number of aromatic nitrogens is 2. The van der Waals surface area contributed by atoms with Crippen molar-refractivity contribution in [3.63, 3.8) is 0 Å². The lowest BCUT2D eigenvalue weighted by molar-refractivity contribution is -0.884. The minimum Gasteiger partial charge on any atom is -0.326 e. The van der Waals surface area contributed by atoms with Crippen molar-refractivity contribution in [3.8, 4) is 11.8 Å². The molecule has 0 fully saturated rings. The molecular weight excluding hydrogens is 255 g/mol. The number of aryl methyl sites for hydroxylation is 1. The average Bonchev–Trinajstić information content (AvgIpc) is 2.69. The molecule has 2 aromatic rings. The standard InChI is InChI=1S/C15H18FN4/c1-11-15(9-20(2,3)4)19(10-18-11)14-6-5-13(16)7-12(14)8-17/h5-7,10H,9H2,1-4H3/q+1. The molecule has 1 aromatic carbocycles. The fourth-order valence-electron chi connectivity index (χ4n) is 2.12. The van der Waals surface area contributed by atoms with Crippen molar-refractivity contribution >= 4 is 0 Å². The second-order valence-corrected chi connectivity index (χ2v) is 5.87. The van der Waals surface area contributed by atoms with Crippen LogP contribution in [0.4, 0.5) is 4.39 Å². The van der Waals surface area contributed by atoms with Crippen molar-refractivity contribution in [2.45, 2.75) is 13.5 Å². The Morgan fingerprint density at radius 3 is 2.65 bits per heavy atom. The average molecular weight is 273 g/mol. The van der Waals surface area contributed by atoms with Gasteiger partial charge < -0.3 is 4.48 Å². The molecule has 0 N–H and O–H groups in total. The van der Waals surface area contributed by atoms with E-state index >= 15 is 0 Å². The van der Waals surface area contributed by atoms with E-state index in [0.29, 0.717) is 11.3 Å². The minimum absolute atomic E-state index is 0.310. The molecule has 0 amide bonds. The summed E-state index contributed by atoms with van der Waals surface area (Å²) in [5.74, 6) is -0.407. The van der Waals surface area contributed by atoms with E-state index in [4.69, 9.17) is 0 Å². The Morgan fingerprint density at radius 2 is 2.05 bits per heavy atom. The molecule has 1 aromatic heterocycles. The first-order valence-electron chi connectivity index (χ1n) is 6.35. The third kappa shape index (κ3) is 2.86. The van der Waals surface area contributed by atoms with Gasteiger partial charge in [0.15, 0.2) is 0 Å². The van der Waals surface area contributed by atoms with Gasteiger partial charge in [-0.25, -0.2) is 9.37 Å². The van der Waals surface area contributed by atoms with E-state index in [0.717, 1.165) is 22.4 Å². The van der Waals surface area contributed by atoms with Crippen LogP contribution in [0, 0.1) is 24.1 Å². The van der Waals surface area contributed by atoms with Crippen molar-refractivity contribution < 1.29 is 8.87 Å². The lowest BCUT2D eigenvalue weighted by Gasteiger charge is -2.25. The van der Waals surface area contributed by atoms with Crippen molar-refractivity contribution in [1.29, 1.82) is 5.26 Å². The monoisotopic (exact) mass is 273 g/mol. The highest BCUT2D eigenvalue weighted by Gasteiger charge is 2.18. The van der Waals surface area contributed by atoms with Gasteiger partial charge >= 0.3 is 0 Å². The Balaban J connectivity index is 2.57. The van der Waals surface area contributed by atoms with Crippen molar-refractivity contribution in [2.75, 3.05) is 21.1 Å². The predicted molar refractivity (Wildman–Crippen MR) is 74.7 cm³/mol. The molecule has 4 nitrogen and oxygen atoms in total. The second kappa shape index (κ2) is 5.06. The molecule has 20 heavy (non-hydrogen) atoms. The number of rotatable bonds is 3. The molecule has 5 heteroatoms. The first kappa shape index (κ1) is 14.2. The first-order valence-corrected chi connectivity index (χ1v) is 6.35. The third-order valence-corrected chi connectivity index (χ3v) is 3.04. The van der Waals surface area contributed by atoms with Crippen molar-refractivity contribution in [3.05, 3.63) is 47.3 Å². The summed E-state index contributed by atoms with van der Waals surface area (Å²) in [6.07, 6.45) is 1.69. The van der Waals surface area contributed by atoms with Gasteiger partial charge in [-0.2, -0.15) is 5.26 Å². The zero-order chi connectivity index (χ0) is 14.9. The summed E-state index contributed by atoms with van der Waals surface area (Å²) in [6, 6.07) is 6.27. The molecule has 0 unspecified atom stereocenters. The summed E-state index contributed by atoms with van der Waals surface area (Å²) in [6.45, 7) is 2.71. The maximum atomic E-state index is 13.2. The maximum absolute atomic E-state index is 13.2. The number of hydrogen-bond donors (Lipinski definition) is 0. The highest BCUT2D eigenvalue weighted by atomic mass is 19.1. The molecule has 104 valence electrons. The summed E-state index contributed by atoms with van der Waals surface area (Å²) in [5, 5.41) is 9.18. The molecule has 2 rings (SSSR count). The van der Waals surface area contributed by atoms with Crippen LogP contribution in [0.3, 0.4) is 0 Å². The van der Waals surface area contributed by atoms with E-state index in [1.807, 2.05) is 17.6 Å². The lowest BCUT2D eigenvalue weighted by Crippen LogP contribution is -2.34. The Morgan fingerprint density at radius 1 is 1.35 bits per heavy atom. The minimum atomic E-state index is -0.407. The van der Waals surface area contributed by atoms with Crippen LogP contribution in [0.5, 0.6) is 0 Å². The number of halogens is 1. The molecule has 0 bridgehead atoms. The molecule has 0 saturated heterocycles. The van der Waals surface area contributed by atoms with Crippen LogP contribution in [0.2, 0.25) is 0 Å². The van der Waals surface area contributed by atoms with Gasteiger partial charge in [0.2, 0.25) is 0 Å². The predicted octanol–water partition coefficient (Wildman–Crippen LogP) is 2.40. The smallest absolute Gasteiger partial charge is 0.124 e. The fraction of sp³-hybridized carbons (Fsp3) is 0.333. The quantitative estimate of drug-likeness (QED) is 0.806. The summed E-state index contributed by atoms with van der Waals surface area (Å²) < 4.78 is 15.9. The van der Waals surface area contributed by atoms with Crippen molar-refractivity contribution in [1.82, 2.24) is 9.55 Å². The Kier molecular flexibility index (Phi) is 3.60. The van der Waals surface area contributed by atoms with Crippen LogP contribution in [0.15, 0.2) is 24.5 Å². The number of benzene rings is 1. The topological polar surface area (TPSA) is 41.6 Å². The van der Waals surface area contributed by atoms with Crippen LogP contribution >= 0.6 is 0 Å². The Labute approximate surface area is 118 Å². The lowest BCUT2D eigenvalue weighted by atomic mass is 10.1.